The number of ether oxygens (including phenoxy) is 1. The Hall–Kier alpha value is -1.34. The molecule has 0 spiro atoms. The van der Waals surface area contributed by atoms with Crippen molar-refractivity contribution in [1.82, 2.24) is 0 Å². The van der Waals surface area contributed by atoms with Crippen molar-refractivity contribution in [1.29, 1.82) is 0 Å². The molecule has 0 amide bonds. The van der Waals surface area contributed by atoms with E-state index in [2.05, 4.69) is 49.4 Å². The maximum absolute atomic E-state index is 5.66. The van der Waals surface area contributed by atoms with Crippen LogP contribution in [0.5, 0.6) is 0 Å². The minimum Gasteiger partial charge on any atom is -0.373 e. The third-order valence-electron chi connectivity index (χ3n) is 7.07. The number of hydrogen-bond donors (Lipinski definition) is 0. The molecule has 154 valence electrons. The van der Waals surface area contributed by atoms with Crippen LogP contribution in [0.2, 0.25) is 0 Å². The van der Waals surface area contributed by atoms with Crippen LogP contribution in [-0.2, 0) is 11.3 Å². The normalized spacial score (nSPS) is 28.9. The molecular weight excluding hydrogens is 340 g/mol. The second kappa shape index (κ2) is 11.6. The van der Waals surface area contributed by atoms with E-state index >= 15 is 0 Å². The van der Waals surface area contributed by atoms with Crippen molar-refractivity contribution >= 4 is 0 Å². The quantitative estimate of drug-likeness (QED) is 0.330. The van der Waals surface area contributed by atoms with Gasteiger partial charge in [-0.1, -0.05) is 55.5 Å². The van der Waals surface area contributed by atoms with Crippen LogP contribution in [0.15, 0.2) is 48.6 Å². The number of hydrogen-bond acceptors (Lipinski definition) is 1. The largest absolute Gasteiger partial charge is 0.373 e. The molecule has 0 unspecified atom stereocenters. The summed E-state index contributed by atoms with van der Waals surface area (Å²) in [6, 6.07) is 9.24. The number of benzene rings is 1. The fourth-order valence-electron chi connectivity index (χ4n) is 5.29. The minimum atomic E-state index is 0.707. The average molecular weight is 381 g/mol. The summed E-state index contributed by atoms with van der Waals surface area (Å²) in [5.41, 5.74) is 2.83. The molecule has 1 aromatic carbocycles. The van der Waals surface area contributed by atoms with Gasteiger partial charge < -0.3 is 4.74 Å². The molecule has 2 aliphatic rings. The van der Waals surface area contributed by atoms with E-state index in [1.165, 1.54) is 63.4 Å². The molecule has 28 heavy (non-hydrogen) atoms. The molecule has 1 heteroatoms. The summed E-state index contributed by atoms with van der Waals surface area (Å²) in [6.07, 6.45) is 21.6. The first-order chi connectivity index (χ1) is 13.8. The molecule has 0 bridgehead atoms. The molecule has 0 saturated heterocycles. The van der Waals surface area contributed by atoms with Crippen LogP contribution in [0.25, 0.3) is 0 Å². The van der Waals surface area contributed by atoms with Crippen molar-refractivity contribution < 1.29 is 4.74 Å². The minimum absolute atomic E-state index is 0.707. The lowest BCUT2D eigenvalue weighted by atomic mass is 9.68. The Kier molecular flexibility index (Phi) is 8.86. The summed E-state index contributed by atoms with van der Waals surface area (Å²) >= 11 is 0. The SMILES string of the molecule is C/C=C/COCc1ccc(C2CCC([C@H]3CC[C@H](/C=C/CC)CC3)CC2)cc1. The van der Waals surface area contributed by atoms with E-state index in [4.69, 9.17) is 4.74 Å². The molecule has 2 fully saturated rings. The first-order valence-electron chi connectivity index (χ1n) is 11.7. The van der Waals surface area contributed by atoms with E-state index in [0.29, 0.717) is 13.2 Å². The van der Waals surface area contributed by atoms with Gasteiger partial charge in [0.05, 0.1) is 13.2 Å². The van der Waals surface area contributed by atoms with E-state index in [0.717, 1.165) is 23.7 Å². The van der Waals surface area contributed by atoms with Crippen LogP contribution in [0.1, 0.15) is 88.7 Å². The second-order valence-corrected chi connectivity index (χ2v) is 8.95. The Morgan fingerprint density at radius 3 is 2.11 bits per heavy atom. The van der Waals surface area contributed by atoms with Crippen molar-refractivity contribution in [3.05, 3.63) is 59.7 Å². The molecule has 2 saturated carbocycles. The van der Waals surface area contributed by atoms with Gasteiger partial charge >= 0.3 is 0 Å². The third-order valence-corrected chi connectivity index (χ3v) is 7.07. The molecular formula is C27H40O. The molecule has 2 aliphatic carbocycles. The van der Waals surface area contributed by atoms with Crippen molar-refractivity contribution in [3.8, 4) is 0 Å². The average Bonchev–Trinajstić information content (AvgIpc) is 2.76. The highest BCUT2D eigenvalue weighted by Gasteiger charge is 2.30. The lowest BCUT2D eigenvalue weighted by molar-refractivity contribution is 0.148. The van der Waals surface area contributed by atoms with Gasteiger partial charge in [-0.2, -0.15) is 0 Å². The summed E-state index contributed by atoms with van der Waals surface area (Å²) in [6.45, 7) is 5.70. The fraction of sp³-hybridized carbons (Fsp3) is 0.630. The highest BCUT2D eigenvalue weighted by molar-refractivity contribution is 5.25. The molecule has 0 atom stereocenters. The maximum Gasteiger partial charge on any atom is 0.0721 e. The van der Waals surface area contributed by atoms with E-state index in [1.807, 2.05) is 13.0 Å². The van der Waals surface area contributed by atoms with Crippen LogP contribution >= 0.6 is 0 Å². The smallest absolute Gasteiger partial charge is 0.0721 e. The monoisotopic (exact) mass is 380 g/mol. The van der Waals surface area contributed by atoms with Crippen molar-refractivity contribution in [2.24, 2.45) is 17.8 Å². The predicted molar refractivity (Wildman–Crippen MR) is 120 cm³/mol. The molecule has 0 radical (unpaired) electrons. The van der Waals surface area contributed by atoms with E-state index in [9.17, 15) is 0 Å². The second-order valence-electron chi connectivity index (χ2n) is 8.95. The van der Waals surface area contributed by atoms with E-state index < -0.39 is 0 Å². The zero-order chi connectivity index (χ0) is 19.6. The van der Waals surface area contributed by atoms with Gasteiger partial charge in [-0.15, -0.1) is 0 Å². The van der Waals surface area contributed by atoms with Gasteiger partial charge in [0.15, 0.2) is 0 Å². The Labute approximate surface area is 173 Å². The Bertz CT molecular complexity index is 596. The van der Waals surface area contributed by atoms with Crippen LogP contribution in [0, 0.1) is 17.8 Å². The zero-order valence-corrected chi connectivity index (χ0v) is 18.1. The van der Waals surface area contributed by atoms with Gasteiger partial charge in [0.2, 0.25) is 0 Å². The summed E-state index contributed by atoms with van der Waals surface area (Å²) in [7, 11) is 0. The van der Waals surface area contributed by atoms with E-state index in [1.54, 1.807) is 5.56 Å². The summed E-state index contributed by atoms with van der Waals surface area (Å²) < 4.78 is 5.66. The van der Waals surface area contributed by atoms with Crippen molar-refractivity contribution in [3.63, 3.8) is 0 Å². The van der Waals surface area contributed by atoms with Gasteiger partial charge in [0.1, 0.15) is 0 Å². The van der Waals surface area contributed by atoms with E-state index in [-0.39, 0.29) is 0 Å². The van der Waals surface area contributed by atoms with Crippen LogP contribution < -0.4 is 0 Å². The standard InChI is InChI=1S/C27H40O/c1-3-5-7-22-8-12-24(13-9-22)26-16-18-27(19-17-26)25-14-10-23(11-15-25)21-28-20-6-4-2/h4-7,10-11,14-15,22,24,26-27H,3,8-9,12-13,16-21H2,1-2H3/b6-4+,7-5+/t22-,24-,26?,27?. The van der Waals surface area contributed by atoms with Gasteiger partial charge in [-0.05, 0) is 99.5 Å². The Morgan fingerprint density at radius 2 is 1.50 bits per heavy atom. The molecule has 0 aliphatic heterocycles. The van der Waals surface area contributed by atoms with Crippen LogP contribution in [0.4, 0.5) is 0 Å². The number of allylic oxidation sites excluding steroid dienone is 3. The Morgan fingerprint density at radius 1 is 0.857 bits per heavy atom. The summed E-state index contributed by atoms with van der Waals surface area (Å²) in [5, 5.41) is 0. The zero-order valence-electron chi connectivity index (χ0n) is 18.1. The molecule has 0 heterocycles. The van der Waals surface area contributed by atoms with Crippen molar-refractivity contribution in [2.75, 3.05) is 6.61 Å². The predicted octanol–water partition coefficient (Wildman–Crippen LogP) is 7.83. The third kappa shape index (κ3) is 6.34. The van der Waals surface area contributed by atoms with Gasteiger partial charge in [-0.25, -0.2) is 0 Å². The fourth-order valence-corrected chi connectivity index (χ4v) is 5.29. The first-order valence-corrected chi connectivity index (χ1v) is 11.7. The molecule has 0 N–H and O–H groups in total. The number of rotatable bonds is 8. The van der Waals surface area contributed by atoms with Gasteiger partial charge in [0, 0.05) is 0 Å². The summed E-state index contributed by atoms with van der Waals surface area (Å²) in [5.74, 6) is 3.64. The summed E-state index contributed by atoms with van der Waals surface area (Å²) in [4.78, 5) is 0. The molecule has 1 nitrogen and oxygen atoms in total. The van der Waals surface area contributed by atoms with Gasteiger partial charge in [-0.3, -0.25) is 0 Å². The molecule has 3 rings (SSSR count). The van der Waals surface area contributed by atoms with Crippen LogP contribution in [0.3, 0.4) is 0 Å². The molecule has 1 aromatic rings. The molecule has 0 aromatic heterocycles. The highest BCUT2D eigenvalue weighted by atomic mass is 16.5. The highest BCUT2D eigenvalue weighted by Crippen LogP contribution is 2.44. The lowest BCUT2D eigenvalue weighted by Crippen LogP contribution is -2.25. The Balaban J connectivity index is 1.41. The topological polar surface area (TPSA) is 9.23 Å². The lowest BCUT2D eigenvalue weighted by Gasteiger charge is -2.37. The maximum atomic E-state index is 5.66. The van der Waals surface area contributed by atoms with Crippen molar-refractivity contribution in [2.45, 2.75) is 84.2 Å². The van der Waals surface area contributed by atoms with Crippen LogP contribution in [-0.4, -0.2) is 6.61 Å². The van der Waals surface area contributed by atoms with Gasteiger partial charge in [0.25, 0.3) is 0 Å². The first kappa shape index (κ1) is 21.4.